The highest BCUT2D eigenvalue weighted by Crippen LogP contribution is 2.22. The van der Waals surface area contributed by atoms with Crippen LogP contribution in [-0.2, 0) is 11.3 Å². The van der Waals surface area contributed by atoms with Gasteiger partial charge >= 0.3 is 0 Å². The highest BCUT2D eigenvalue weighted by atomic mass is 16.2. The van der Waals surface area contributed by atoms with Gasteiger partial charge < -0.3 is 10.2 Å². The number of carbonyl (C=O) groups excluding carboxylic acids is 3. The number of pyridine rings is 1. The lowest BCUT2D eigenvalue weighted by Crippen LogP contribution is -2.39. The number of carbonyl (C=O) groups is 3. The van der Waals surface area contributed by atoms with Gasteiger partial charge in [-0.25, -0.2) is 4.98 Å². The number of fused-ring (bicyclic) bond motifs is 1. The molecule has 0 saturated carbocycles. The van der Waals surface area contributed by atoms with Crippen molar-refractivity contribution in [3.8, 4) is 0 Å². The van der Waals surface area contributed by atoms with Crippen molar-refractivity contribution < 1.29 is 14.4 Å². The van der Waals surface area contributed by atoms with E-state index in [-0.39, 0.29) is 23.5 Å². The van der Waals surface area contributed by atoms with Crippen molar-refractivity contribution in [3.05, 3.63) is 59.4 Å². The highest BCUT2D eigenvalue weighted by Gasteiger charge is 2.26. The smallest absolute Gasteiger partial charge is 0.253 e. The number of Topliss-reactive ketones (excluding diaryl/α,β-unsaturated/α-hetero) is 1. The van der Waals surface area contributed by atoms with Gasteiger partial charge in [0.2, 0.25) is 5.91 Å². The molecule has 0 bridgehead atoms. The zero-order valence-corrected chi connectivity index (χ0v) is 16.7. The number of nitrogens with one attached hydrogen (secondary N) is 2. The molecule has 1 aliphatic rings. The molecule has 3 heterocycles. The van der Waals surface area contributed by atoms with Crippen molar-refractivity contribution in [2.75, 3.05) is 13.1 Å². The van der Waals surface area contributed by atoms with Crippen LogP contribution in [0, 0.1) is 5.92 Å². The van der Waals surface area contributed by atoms with Crippen LogP contribution in [0.15, 0.2) is 42.7 Å². The van der Waals surface area contributed by atoms with Crippen LogP contribution < -0.4 is 5.32 Å². The highest BCUT2D eigenvalue weighted by molar-refractivity contribution is 5.98. The van der Waals surface area contributed by atoms with Crippen LogP contribution in [0.4, 0.5) is 0 Å². The predicted octanol–water partition coefficient (Wildman–Crippen LogP) is 2.33. The summed E-state index contributed by atoms with van der Waals surface area (Å²) in [6.07, 6.45) is 4.53. The number of ketones is 1. The molecule has 8 nitrogen and oxygen atoms in total. The van der Waals surface area contributed by atoms with Gasteiger partial charge in [-0.2, -0.15) is 5.10 Å². The minimum absolute atomic E-state index is 0.0449. The lowest BCUT2D eigenvalue weighted by Gasteiger charge is -2.30. The Morgan fingerprint density at radius 2 is 1.83 bits per heavy atom. The van der Waals surface area contributed by atoms with E-state index in [1.54, 1.807) is 36.2 Å². The second-order valence-electron chi connectivity index (χ2n) is 7.56. The topological polar surface area (TPSA) is 108 Å². The van der Waals surface area contributed by atoms with Gasteiger partial charge in [0.05, 0.1) is 11.8 Å². The monoisotopic (exact) mass is 405 g/mol. The number of aromatic nitrogens is 3. The molecule has 2 amide bonds. The molecule has 1 saturated heterocycles. The van der Waals surface area contributed by atoms with E-state index in [9.17, 15) is 14.4 Å². The first-order valence-corrected chi connectivity index (χ1v) is 9.97. The fourth-order valence-corrected chi connectivity index (χ4v) is 3.72. The summed E-state index contributed by atoms with van der Waals surface area (Å²) in [6.45, 7) is 3.18. The largest absolute Gasteiger partial charge is 0.348 e. The van der Waals surface area contributed by atoms with E-state index in [1.807, 2.05) is 12.1 Å². The number of aromatic amines is 1. The summed E-state index contributed by atoms with van der Waals surface area (Å²) < 4.78 is 0. The lowest BCUT2D eigenvalue weighted by atomic mass is 9.88. The summed E-state index contributed by atoms with van der Waals surface area (Å²) in [5, 5.41) is 10.3. The van der Waals surface area contributed by atoms with Crippen LogP contribution in [0.1, 0.15) is 46.0 Å². The van der Waals surface area contributed by atoms with Crippen molar-refractivity contribution in [3.63, 3.8) is 0 Å². The number of H-pyrrole nitrogens is 1. The number of hydrogen-bond acceptors (Lipinski definition) is 5. The Kier molecular flexibility index (Phi) is 5.56. The van der Waals surface area contributed by atoms with Gasteiger partial charge in [0.1, 0.15) is 0 Å². The van der Waals surface area contributed by atoms with E-state index in [1.165, 1.54) is 6.20 Å². The van der Waals surface area contributed by atoms with E-state index >= 15 is 0 Å². The maximum Gasteiger partial charge on any atom is 0.253 e. The molecule has 0 radical (unpaired) electrons. The van der Waals surface area contributed by atoms with Crippen molar-refractivity contribution in [2.45, 2.75) is 26.3 Å². The SMILES string of the molecule is CC(=O)N1CCC(C(=O)c2ccc(CNC(=O)c3cnc4[nH]ncc4c3)cc2)CC1. The first-order chi connectivity index (χ1) is 14.5. The standard InChI is InChI=1S/C22H23N5O3/c1-14(28)27-8-6-17(7-9-27)20(29)16-4-2-15(3-5-16)11-24-22(30)19-10-18-13-25-26-21(18)23-12-19/h2-5,10,12-13,17H,6-9,11H2,1H3,(H,24,30)(H,23,25,26). The molecule has 1 aromatic carbocycles. The molecule has 0 unspecified atom stereocenters. The molecule has 8 heteroatoms. The van der Waals surface area contributed by atoms with Crippen molar-refractivity contribution in [1.82, 2.24) is 25.4 Å². The molecular formula is C22H23N5O3. The van der Waals surface area contributed by atoms with Gasteiger partial charge in [-0.15, -0.1) is 0 Å². The Bertz CT molecular complexity index is 1080. The van der Waals surface area contributed by atoms with Gasteiger partial charge in [-0.3, -0.25) is 19.5 Å². The third-order valence-corrected chi connectivity index (χ3v) is 5.56. The molecule has 2 N–H and O–H groups in total. The average molecular weight is 405 g/mol. The van der Waals surface area contributed by atoms with Crippen LogP contribution in [0.2, 0.25) is 0 Å². The molecule has 3 aromatic rings. The van der Waals surface area contributed by atoms with Crippen LogP contribution in [-0.4, -0.2) is 50.8 Å². The Labute approximate surface area is 173 Å². The molecule has 0 spiro atoms. The molecule has 0 atom stereocenters. The Balaban J connectivity index is 1.32. The summed E-state index contributed by atoms with van der Waals surface area (Å²) >= 11 is 0. The maximum absolute atomic E-state index is 12.7. The van der Waals surface area contributed by atoms with Crippen LogP contribution in [0.25, 0.3) is 11.0 Å². The quantitative estimate of drug-likeness (QED) is 0.634. The Morgan fingerprint density at radius 3 is 2.53 bits per heavy atom. The first-order valence-electron chi connectivity index (χ1n) is 9.97. The Hall–Kier alpha value is -3.55. The fourth-order valence-electron chi connectivity index (χ4n) is 3.72. The van der Waals surface area contributed by atoms with Gasteiger partial charge in [0.15, 0.2) is 11.4 Å². The molecule has 0 aliphatic carbocycles. The van der Waals surface area contributed by atoms with Crippen LogP contribution in [0.5, 0.6) is 0 Å². The number of nitrogens with zero attached hydrogens (tertiary/aromatic N) is 3. The number of likely N-dealkylation sites (tertiary alicyclic amines) is 1. The summed E-state index contributed by atoms with van der Waals surface area (Å²) in [5.74, 6) is -0.0829. The van der Waals surface area contributed by atoms with Crippen LogP contribution >= 0.6 is 0 Å². The predicted molar refractivity (Wildman–Crippen MR) is 111 cm³/mol. The van der Waals surface area contributed by atoms with E-state index < -0.39 is 0 Å². The van der Waals surface area contributed by atoms with E-state index in [0.29, 0.717) is 49.2 Å². The molecular weight excluding hydrogens is 382 g/mol. The van der Waals surface area contributed by atoms with Crippen molar-refractivity contribution in [2.24, 2.45) is 5.92 Å². The summed E-state index contributed by atoms with van der Waals surface area (Å²) in [6, 6.07) is 9.06. The molecule has 1 fully saturated rings. The number of rotatable bonds is 5. The van der Waals surface area contributed by atoms with Gasteiger partial charge in [-0.05, 0) is 24.5 Å². The molecule has 2 aromatic heterocycles. The summed E-state index contributed by atoms with van der Waals surface area (Å²) in [5.41, 5.74) is 2.68. The van der Waals surface area contributed by atoms with Gasteiger partial charge in [0, 0.05) is 49.6 Å². The zero-order valence-electron chi connectivity index (χ0n) is 16.7. The lowest BCUT2D eigenvalue weighted by molar-refractivity contribution is -0.130. The van der Waals surface area contributed by atoms with E-state index in [2.05, 4.69) is 20.5 Å². The number of hydrogen-bond donors (Lipinski definition) is 2. The maximum atomic E-state index is 12.7. The number of piperidine rings is 1. The van der Waals surface area contributed by atoms with E-state index in [0.717, 1.165) is 10.9 Å². The second-order valence-corrected chi connectivity index (χ2v) is 7.56. The normalized spacial score (nSPS) is 14.6. The summed E-state index contributed by atoms with van der Waals surface area (Å²) in [4.78, 5) is 42.5. The molecule has 30 heavy (non-hydrogen) atoms. The van der Waals surface area contributed by atoms with Crippen LogP contribution in [0.3, 0.4) is 0 Å². The Morgan fingerprint density at radius 1 is 1.10 bits per heavy atom. The minimum Gasteiger partial charge on any atom is -0.348 e. The average Bonchev–Trinajstić information content (AvgIpc) is 3.25. The third-order valence-electron chi connectivity index (χ3n) is 5.56. The molecule has 154 valence electrons. The second kappa shape index (κ2) is 8.44. The minimum atomic E-state index is -0.219. The van der Waals surface area contributed by atoms with Crippen molar-refractivity contribution >= 4 is 28.6 Å². The van der Waals surface area contributed by atoms with E-state index in [4.69, 9.17) is 0 Å². The van der Waals surface area contributed by atoms with Crippen molar-refractivity contribution in [1.29, 1.82) is 0 Å². The molecule has 1 aliphatic heterocycles. The third kappa shape index (κ3) is 4.22. The first kappa shape index (κ1) is 19.8. The summed E-state index contributed by atoms with van der Waals surface area (Å²) in [7, 11) is 0. The number of amides is 2. The van der Waals surface area contributed by atoms with Gasteiger partial charge in [-0.1, -0.05) is 24.3 Å². The fraction of sp³-hybridized carbons (Fsp3) is 0.318. The molecule has 4 rings (SSSR count). The van der Waals surface area contributed by atoms with Gasteiger partial charge in [0.25, 0.3) is 5.91 Å². The number of benzene rings is 1. The zero-order chi connectivity index (χ0) is 21.1.